The number of hydrogen-bond donors (Lipinski definition) is 0. The van der Waals surface area contributed by atoms with Gasteiger partial charge in [-0.05, 0) is 64.2 Å². The number of carbonyl (C=O) groups is 1. The molecule has 5 nitrogen and oxygen atoms in total. The summed E-state index contributed by atoms with van der Waals surface area (Å²) in [7, 11) is 2.13. The maximum absolute atomic E-state index is 13.5. The molecule has 144 valence electrons. The van der Waals surface area contributed by atoms with Gasteiger partial charge in [-0.3, -0.25) is 9.69 Å². The van der Waals surface area contributed by atoms with E-state index in [-0.39, 0.29) is 11.9 Å². The molecule has 1 saturated heterocycles. The van der Waals surface area contributed by atoms with Crippen LogP contribution in [0.1, 0.15) is 28.8 Å². The van der Waals surface area contributed by atoms with Gasteiger partial charge in [-0.2, -0.15) is 0 Å². The molecule has 1 aromatic heterocycles. The Hall–Kier alpha value is -2.92. The smallest absolute Gasteiger partial charge is 0.259 e. The molecule has 0 aliphatic carbocycles. The molecule has 0 atom stereocenters. The zero-order valence-corrected chi connectivity index (χ0v) is 16.5. The lowest BCUT2D eigenvalue weighted by Crippen LogP contribution is -2.47. The SMILES string of the molecule is Cc1cccc(C(=O)N(c2ccn(-c3ccccc3)n2)C2CCN(C)CC2)c1. The second-order valence-electron chi connectivity index (χ2n) is 7.53. The summed E-state index contributed by atoms with van der Waals surface area (Å²) in [6.45, 7) is 3.99. The fourth-order valence-corrected chi connectivity index (χ4v) is 3.79. The second kappa shape index (κ2) is 7.98. The van der Waals surface area contributed by atoms with Crippen LogP contribution in [0.4, 0.5) is 5.82 Å². The minimum Gasteiger partial charge on any atom is -0.306 e. The van der Waals surface area contributed by atoms with Crippen molar-refractivity contribution in [1.82, 2.24) is 14.7 Å². The summed E-state index contributed by atoms with van der Waals surface area (Å²) in [5.74, 6) is 0.737. The lowest BCUT2D eigenvalue weighted by atomic mass is 10.0. The van der Waals surface area contributed by atoms with Gasteiger partial charge >= 0.3 is 0 Å². The summed E-state index contributed by atoms with van der Waals surface area (Å²) in [4.78, 5) is 17.7. The Morgan fingerprint density at radius 1 is 1.04 bits per heavy atom. The first-order chi connectivity index (χ1) is 13.6. The third kappa shape index (κ3) is 3.85. The van der Waals surface area contributed by atoms with E-state index >= 15 is 0 Å². The largest absolute Gasteiger partial charge is 0.306 e. The molecule has 0 N–H and O–H groups in total. The molecule has 0 radical (unpaired) electrons. The average molecular weight is 374 g/mol. The molecule has 4 rings (SSSR count). The molecule has 1 aliphatic heterocycles. The van der Waals surface area contributed by atoms with Crippen LogP contribution >= 0.6 is 0 Å². The van der Waals surface area contributed by atoms with Crippen molar-refractivity contribution in [1.29, 1.82) is 0 Å². The van der Waals surface area contributed by atoms with Crippen molar-refractivity contribution in [3.63, 3.8) is 0 Å². The molecule has 1 amide bonds. The van der Waals surface area contributed by atoms with Gasteiger partial charge in [-0.25, -0.2) is 4.68 Å². The molecular formula is C23H26N4O. The van der Waals surface area contributed by atoms with Crippen molar-refractivity contribution in [2.75, 3.05) is 25.0 Å². The Bertz CT molecular complexity index is 942. The van der Waals surface area contributed by atoms with Crippen molar-refractivity contribution in [2.24, 2.45) is 0 Å². The topological polar surface area (TPSA) is 41.4 Å². The Labute approximate surface area is 166 Å². The number of nitrogens with zero attached hydrogens (tertiary/aromatic N) is 4. The molecule has 3 aromatic rings. The summed E-state index contributed by atoms with van der Waals surface area (Å²) >= 11 is 0. The molecule has 1 fully saturated rings. The van der Waals surface area contributed by atoms with Crippen LogP contribution in [0.25, 0.3) is 5.69 Å². The summed E-state index contributed by atoms with van der Waals surface area (Å²) in [5.41, 5.74) is 2.79. The zero-order chi connectivity index (χ0) is 19.5. The van der Waals surface area contributed by atoms with Gasteiger partial charge in [0.2, 0.25) is 0 Å². The molecule has 0 bridgehead atoms. The van der Waals surface area contributed by atoms with Crippen LogP contribution < -0.4 is 4.90 Å². The van der Waals surface area contributed by atoms with Crippen LogP contribution in [0.15, 0.2) is 66.9 Å². The Morgan fingerprint density at radius 2 is 1.79 bits per heavy atom. The number of aryl methyl sites for hydroxylation is 1. The maximum atomic E-state index is 13.5. The van der Waals surface area contributed by atoms with E-state index in [0.717, 1.165) is 37.2 Å². The molecule has 0 unspecified atom stereocenters. The van der Waals surface area contributed by atoms with Crippen molar-refractivity contribution in [3.8, 4) is 5.69 Å². The highest BCUT2D eigenvalue weighted by atomic mass is 16.2. The first-order valence-corrected chi connectivity index (χ1v) is 9.82. The molecule has 28 heavy (non-hydrogen) atoms. The average Bonchev–Trinajstić information content (AvgIpc) is 3.20. The minimum absolute atomic E-state index is 0.0246. The summed E-state index contributed by atoms with van der Waals surface area (Å²) < 4.78 is 1.83. The predicted octanol–water partition coefficient (Wildman–Crippen LogP) is 3.92. The predicted molar refractivity (Wildman–Crippen MR) is 112 cm³/mol. The first kappa shape index (κ1) is 18.4. The van der Waals surface area contributed by atoms with Gasteiger partial charge in [-0.1, -0.05) is 35.9 Å². The first-order valence-electron chi connectivity index (χ1n) is 9.82. The standard InChI is InChI=1S/C23H26N4O/c1-18-7-6-8-19(17-18)23(28)27(21-11-14-25(2)15-12-21)22-13-16-26(24-22)20-9-4-3-5-10-20/h3-10,13,16-17,21H,11-12,14-15H2,1-2H3. The number of aromatic nitrogens is 2. The lowest BCUT2D eigenvalue weighted by Gasteiger charge is -2.36. The zero-order valence-electron chi connectivity index (χ0n) is 16.5. The second-order valence-corrected chi connectivity index (χ2v) is 7.53. The van der Waals surface area contributed by atoms with Gasteiger partial charge in [0.25, 0.3) is 5.91 Å². The fourth-order valence-electron chi connectivity index (χ4n) is 3.79. The van der Waals surface area contributed by atoms with E-state index in [1.165, 1.54) is 0 Å². The van der Waals surface area contributed by atoms with Crippen LogP contribution in [-0.2, 0) is 0 Å². The van der Waals surface area contributed by atoms with E-state index in [2.05, 4.69) is 11.9 Å². The van der Waals surface area contributed by atoms with E-state index in [9.17, 15) is 4.79 Å². The number of para-hydroxylation sites is 1. The normalized spacial score (nSPS) is 15.5. The van der Waals surface area contributed by atoms with Crippen LogP contribution in [-0.4, -0.2) is 46.8 Å². The monoisotopic (exact) mass is 374 g/mol. The van der Waals surface area contributed by atoms with Crippen LogP contribution in [0.3, 0.4) is 0 Å². The number of benzene rings is 2. The number of piperidine rings is 1. The minimum atomic E-state index is 0.0246. The molecule has 0 saturated carbocycles. The maximum Gasteiger partial charge on any atom is 0.259 e. The highest BCUT2D eigenvalue weighted by Crippen LogP contribution is 2.25. The molecule has 2 aromatic carbocycles. The van der Waals surface area contributed by atoms with E-state index in [0.29, 0.717) is 11.4 Å². The molecule has 2 heterocycles. The molecule has 5 heteroatoms. The van der Waals surface area contributed by atoms with Crippen molar-refractivity contribution in [3.05, 3.63) is 78.0 Å². The number of rotatable bonds is 4. The van der Waals surface area contributed by atoms with Gasteiger partial charge in [0.05, 0.1) is 5.69 Å². The van der Waals surface area contributed by atoms with Gasteiger partial charge < -0.3 is 4.90 Å². The lowest BCUT2D eigenvalue weighted by molar-refractivity contribution is 0.0962. The Balaban J connectivity index is 1.69. The number of hydrogen-bond acceptors (Lipinski definition) is 3. The van der Waals surface area contributed by atoms with Gasteiger partial charge in [0, 0.05) is 23.9 Å². The van der Waals surface area contributed by atoms with E-state index in [4.69, 9.17) is 5.10 Å². The van der Waals surface area contributed by atoms with Crippen LogP contribution in [0, 0.1) is 6.92 Å². The van der Waals surface area contributed by atoms with Crippen LogP contribution in [0.2, 0.25) is 0 Å². The number of amides is 1. The third-order valence-electron chi connectivity index (χ3n) is 5.38. The van der Waals surface area contributed by atoms with Crippen LogP contribution in [0.5, 0.6) is 0 Å². The Kier molecular flexibility index (Phi) is 5.26. The highest BCUT2D eigenvalue weighted by Gasteiger charge is 2.30. The molecule has 1 aliphatic rings. The van der Waals surface area contributed by atoms with E-state index in [1.54, 1.807) is 0 Å². The van der Waals surface area contributed by atoms with Gasteiger partial charge in [0.15, 0.2) is 5.82 Å². The Morgan fingerprint density at radius 3 is 2.50 bits per heavy atom. The molecule has 0 spiro atoms. The third-order valence-corrected chi connectivity index (χ3v) is 5.38. The molecular weight excluding hydrogens is 348 g/mol. The van der Waals surface area contributed by atoms with E-state index < -0.39 is 0 Å². The van der Waals surface area contributed by atoms with Gasteiger partial charge in [-0.15, -0.1) is 5.10 Å². The fraction of sp³-hybridized carbons (Fsp3) is 0.304. The quantitative estimate of drug-likeness (QED) is 0.695. The highest BCUT2D eigenvalue weighted by molar-refractivity contribution is 6.06. The summed E-state index contributed by atoms with van der Waals surface area (Å²) in [6, 6.07) is 19.9. The van der Waals surface area contributed by atoms with Crippen molar-refractivity contribution >= 4 is 11.7 Å². The summed E-state index contributed by atoms with van der Waals surface area (Å²) in [6.07, 6.45) is 3.83. The van der Waals surface area contributed by atoms with Crippen molar-refractivity contribution in [2.45, 2.75) is 25.8 Å². The summed E-state index contributed by atoms with van der Waals surface area (Å²) in [5, 5.41) is 4.75. The number of anilines is 1. The van der Waals surface area contributed by atoms with Crippen molar-refractivity contribution < 1.29 is 4.79 Å². The van der Waals surface area contributed by atoms with E-state index in [1.807, 2.05) is 83.4 Å². The number of likely N-dealkylation sites (tertiary alicyclic amines) is 1. The van der Waals surface area contributed by atoms with Gasteiger partial charge in [0.1, 0.15) is 0 Å². The number of carbonyl (C=O) groups excluding carboxylic acids is 1.